The third-order valence-corrected chi connectivity index (χ3v) is 3.61. The topological polar surface area (TPSA) is 72.2 Å². The number of carbonyl (C=O) groups is 2. The fourth-order valence-electron chi connectivity index (χ4n) is 2.34. The molecule has 0 saturated carbocycles. The van der Waals surface area contributed by atoms with E-state index in [1.807, 2.05) is 72.8 Å². The van der Waals surface area contributed by atoms with Crippen LogP contribution in [0.15, 0.2) is 66.7 Å². The van der Waals surface area contributed by atoms with Gasteiger partial charge in [0.25, 0.3) is 0 Å². The maximum absolute atomic E-state index is 12.0. The normalized spacial score (nSPS) is 12.0. The predicted molar refractivity (Wildman–Crippen MR) is 96.0 cm³/mol. The summed E-state index contributed by atoms with van der Waals surface area (Å²) in [4.78, 5) is 23.6. The second-order valence-electron chi connectivity index (χ2n) is 5.56. The molecule has 3 N–H and O–H groups in total. The fraction of sp³-hybridized carbons (Fsp3) is 0.200. The molecule has 0 fully saturated rings. The average Bonchev–Trinajstić information content (AvgIpc) is 2.60. The van der Waals surface area contributed by atoms with Crippen molar-refractivity contribution in [2.75, 3.05) is 0 Å². The first-order valence-electron chi connectivity index (χ1n) is 7.99. The SMILES string of the molecule is NC(=O)C(Cc1ccccc1)NC(=O)CCC=Cc1ccccc1. The number of carbonyl (C=O) groups excluding carboxylic acids is 2. The van der Waals surface area contributed by atoms with Crippen LogP contribution < -0.4 is 11.1 Å². The molecule has 2 aromatic rings. The highest BCUT2D eigenvalue weighted by Crippen LogP contribution is 2.05. The van der Waals surface area contributed by atoms with Crippen LogP contribution in [0.1, 0.15) is 24.0 Å². The Morgan fingerprint density at radius 2 is 1.62 bits per heavy atom. The molecule has 0 aromatic heterocycles. The zero-order valence-electron chi connectivity index (χ0n) is 13.5. The van der Waals surface area contributed by atoms with Crippen molar-refractivity contribution in [3.05, 3.63) is 77.9 Å². The van der Waals surface area contributed by atoms with Gasteiger partial charge in [-0.15, -0.1) is 0 Å². The van der Waals surface area contributed by atoms with E-state index in [0.717, 1.165) is 11.1 Å². The van der Waals surface area contributed by atoms with Crippen LogP contribution in [0.2, 0.25) is 0 Å². The van der Waals surface area contributed by atoms with Gasteiger partial charge in [-0.1, -0.05) is 72.8 Å². The molecule has 2 amide bonds. The molecule has 0 aliphatic carbocycles. The molecule has 0 spiro atoms. The molecular weight excluding hydrogens is 300 g/mol. The lowest BCUT2D eigenvalue weighted by molar-refractivity contribution is -0.127. The maximum atomic E-state index is 12.0. The van der Waals surface area contributed by atoms with Crippen molar-refractivity contribution in [1.82, 2.24) is 5.32 Å². The largest absolute Gasteiger partial charge is 0.368 e. The second-order valence-corrected chi connectivity index (χ2v) is 5.56. The standard InChI is InChI=1S/C20H22N2O2/c21-20(24)18(15-17-12-5-2-6-13-17)22-19(23)14-8-7-11-16-9-3-1-4-10-16/h1-7,9-13,18H,8,14-15H2,(H2,21,24)(H,22,23). The number of benzene rings is 2. The molecule has 24 heavy (non-hydrogen) atoms. The fourth-order valence-corrected chi connectivity index (χ4v) is 2.34. The van der Waals surface area contributed by atoms with E-state index < -0.39 is 11.9 Å². The van der Waals surface area contributed by atoms with Gasteiger partial charge in [0.2, 0.25) is 11.8 Å². The molecule has 0 radical (unpaired) electrons. The minimum absolute atomic E-state index is 0.174. The summed E-state index contributed by atoms with van der Waals surface area (Å²) in [6.07, 6.45) is 5.26. The Hall–Kier alpha value is -2.88. The van der Waals surface area contributed by atoms with Crippen LogP contribution in [0.25, 0.3) is 6.08 Å². The van der Waals surface area contributed by atoms with Gasteiger partial charge in [-0.05, 0) is 17.5 Å². The van der Waals surface area contributed by atoms with E-state index in [1.54, 1.807) is 0 Å². The van der Waals surface area contributed by atoms with E-state index >= 15 is 0 Å². The third kappa shape index (κ3) is 6.08. The van der Waals surface area contributed by atoms with E-state index in [9.17, 15) is 9.59 Å². The number of amides is 2. The third-order valence-electron chi connectivity index (χ3n) is 3.61. The maximum Gasteiger partial charge on any atom is 0.240 e. The summed E-state index contributed by atoms with van der Waals surface area (Å²) >= 11 is 0. The molecule has 0 heterocycles. The molecule has 0 aliphatic heterocycles. The number of primary amides is 1. The number of nitrogens with one attached hydrogen (secondary N) is 1. The molecule has 4 nitrogen and oxygen atoms in total. The Balaban J connectivity index is 1.80. The molecule has 0 aliphatic rings. The van der Waals surface area contributed by atoms with E-state index in [4.69, 9.17) is 5.73 Å². The molecular formula is C20H22N2O2. The number of rotatable bonds is 8. The monoisotopic (exact) mass is 322 g/mol. The summed E-state index contributed by atoms with van der Waals surface area (Å²) in [5, 5.41) is 2.72. The summed E-state index contributed by atoms with van der Waals surface area (Å²) in [6.45, 7) is 0. The highest BCUT2D eigenvalue weighted by Gasteiger charge is 2.17. The van der Waals surface area contributed by atoms with Crippen LogP contribution >= 0.6 is 0 Å². The predicted octanol–water partition coefficient (Wildman–Crippen LogP) is 2.69. The molecule has 1 unspecified atom stereocenters. The van der Waals surface area contributed by atoms with Gasteiger partial charge < -0.3 is 11.1 Å². The molecule has 124 valence electrons. The number of nitrogens with two attached hydrogens (primary N) is 1. The van der Waals surface area contributed by atoms with E-state index in [0.29, 0.717) is 19.3 Å². The highest BCUT2D eigenvalue weighted by molar-refractivity contribution is 5.86. The van der Waals surface area contributed by atoms with Crippen molar-refractivity contribution in [2.24, 2.45) is 5.73 Å². The Morgan fingerprint density at radius 3 is 2.25 bits per heavy atom. The van der Waals surface area contributed by atoms with Gasteiger partial charge in [-0.25, -0.2) is 0 Å². The van der Waals surface area contributed by atoms with Crippen molar-refractivity contribution >= 4 is 17.9 Å². The van der Waals surface area contributed by atoms with E-state index in [2.05, 4.69) is 5.32 Å². The minimum atomic E-state index is -0.682. The van der Waals surface area contributed by atoms with Crippen LogP contribution in [-0.4, -0.2) is 17.9 Å². The lowest BCUT2D eigenvalue weighted by Crippen LogP contribution is -2.45. The second kappa shape index (κ2) is 9.30. The number of hydrogen-bond donors (Lipinski definition) is 2. The number of hydrogen-bond acceptors (Lipinski definition) is 2. The van der Waals surface area contributed by atoms with Crippen molar-refractivity contribution in [3.8, 4) is 0 Å². The van der Waals surface area contributed by atoms with Gasteiger partial charge in [0.1, 0.15) is 6.04 Å². The summed E-state index contributed by atoms with van der Waals surface area (Å²) in [6, 6.07) is 18.7. The van der Waals surface area contributed by atoms with E-state index in [1.165, 1.54) is 0 Å². The van der Waals surface area contributed by atoms with E-state index in [-0.39, 0.29) is 5.91 Å². The Labute approximate surface area is 142 Å². The highest BCUT2D eigenvalue weighted by atomic mass is 16.2. The molecule has 0 saturated heterocycles. The lowest BCUT2D eigenvalue weighted by Gasteiger charge is -2.15. The van der Waals surface area contributed by atoms with Gasteiger partial charge in [0.05, 0.1) is 0 Å². The first-order valence-corrected chi connectivity index (χ1v) is 7.99. The molecule has 1 atom stereocenters. The van der Waals surface area contributed by atoms with Crippen molar-refractivity contribution in [3.63, 3.8) is 0 Å². The molecule has 4 heteroatoms. The zero-order chi connectivity index (χ0) is 17.2. The van der Waals surface area contributed by atoms with Gasteiger partial charge in [-0.3, -0.25) is 9.59 Å². The number of allylic oxidation sites excluding steroid dienone is 1. The van der Waals surface area contributed by atoms with Gasteiger partial charge in [-0.2, -0.15) is 0 Å². The summed E-state index contributed by atoms with van der Waals surface area (Å²) in [5.41, 5.74) is 7.45. The van der Waals surface area contributed by atoms with Crippen molar-refractivity contribution in [2.45, 2.75) is 25.3 Å². The quantitative estimate of drug-likeness (QED) is 0.784. The minimum Gasteiger partial charge on any atom is -0.368 e. The summed E-state index contributed by atoms with van der Waals surface area (Å²) in [5.74, 6) is -0.695. The van der Waals surface area contributed by atoms with Crippen LogP contribution in [0.5, 0.6) is 0 Å². The van der Waals surface area contributed by atoms with Gasteiger partial charge >= 0.3 is 0 Å². The van der Waals surface area contributed by atoms with Crippen LogP contribution in [0.4, 0.5) is 0 Å². The molecule has 2 rings (SSSR count). The van der Waals surface area contributed by atoms with Gasteiger partial charge in [0, 0.05) is 12.8 Å². The van der Waals surface area contributed by atoms with Gasteiger partial charge in [0.15, 0.2) is 0 Å². The first kappa shape index (κ1) is 17.5. The van der Waals surface area contributed by atoms with Crippen LogP contribution in [0, 0.1) is 0 Å². The molecule has 0 bridgehead atoms. The zero-order valence-corrected chi connectivity index (χ0v) is 13.5. The first-order chi connectivity index (χ1) is 11.6. The summed E-state index contributed by atoms with van der Waals surface area (Å²) < 4.78 is 0. The molecule has 2 aromatic carbocycles. The lowest BCUT2D eigenvalue weighted by atomic mass is 10.1. The Kier molecular flexibility index (Phi) is 6.77. The smallest absolute Gasteiger partial charge is 0.240 e. The van der Waals surface area contributed by atoms with Crippen LogP contribution in [0.3, 0.4) is 0 Å². The van der Waals surface area contributed by atoms with Crippen molar-refractivity contribution in [1.29, 1.82) is 0 Å². The van der Waals surface area contributed by atoms with Crippen LogP contribution in [-0.2, 0) is 16.0 Å². The Morgan fingerprint density at radius 1 is 1.00 bits per heavy atom. The average molecular weight is 322 g/mol. The Bertz CT molecular complexity index is 681. The van der Waals surface area contributed by atoms with Crippen molar-refractivity contribution < 1.29 is 9.59 Å². The summed E-state index contributed by atoms with van der Waals surface area (Å²) in [7, 11) is 0.